The number of ether oxygens (including phenoxy) is 1. The van der Waals surface area contributed by atoms with Crippen molar-refractivity contribution in [3.05, 3.63) is 12.1 Å². The molecule has 2 heterocycles. The highest BCUT2D eigenvalue weighted by Crippen LogP contribution is 2.35. The molecular formula is C16H24N2O6. The number of likely N-dealkylation sites (tertiary alicyclic amines) is 1. The maximum atomic E-state index is 12.5. The van der Waals surface area contributed by atoms with Crippen molar-refractivity contribution in [1.29, 1.82) is 0 Å². The number of aromatic hydroxyl groups is 2. The first kappa shape index (κ1) is 18.0. The second kappa shape index (κ2) is 5.92. The highest BCUT2D eigenvalue weighted by molar-refractivity contribution is 5.82. The van der Waals surface area contributed by atoms with Crippen molar-refractivity contribution in [3.63, 3.8) is 0 Å². The molecule has 1 aliphatic heterocycles. The van der Waals surface area contributed by atoms with Crippen LogP contribution in [-0.4, -0.2) is 50.1 Å². The lowest BCUT2D eigenvalue weighted by molar-refractivity contribution is -0.150. The van der Waals surface area contributed by atoms with Crippen LogP contribution in [0.15, 0.2) is 12.1 Å². The zero-order chi connectivity index (χ0) is 18.3. The molecule has 1 aromatic rings. The lowest BCUT2D eigenvalue weighted by Gasteiger charge is -2.27. The van der Waals surface area contributed by atoms with Gasteiger partial charge in [0.1, 0.15) is 11.6 Å². The summed E-state index contributed by atoms with van der Waals surface area (Å²) in [5.74, 6) is -1.59. The zero-order valence-corrected chi connectivity index (χ0v) is 14.6. The Bertz CT molecular complexity index is 624. The van der Waals surface area contributed by atoms with E-state index >= 15 is 0 Å². The zero-order valence-electron chi connectivity index (χ0n) is 14.6. The number of rotatable bonds is 2. The van der Waals surface area contributed by atoms with Gasteiger partial charge in [0.2, 0.25) is 11.8 Å². The second-order valence-corrected chi connectivity index (χ2v) is 7.75. The summed E-state index contributed by atoms with van der Waals surface area (Å²) in [5, 5.41) is 19.1. The van der Waals surface area contributed by atoms with E-state index in [1.807, 2.05) is 13.8 Å². The molecule has 0 aromatic carbocycles. The van der Waals surface area contributed by atoms with Gasteiger partial charge >= 0.3 is 12.1 Å². The van der Waals surface area contributed by atoms with Gasteiger partial charge in [-0.05, 0) is 32.6 Å². The second-order valence-electron chi connectivity index (χ2n) is 7.75. The van der Waals surface area contributed by atoms with Crippen LogP contribution in [0.1, 0.15) is 41.0 Å². The summed E-state index contributed by atoms with van der Waals surface area (Å²) >= 11 is 0. The maximum absolute atomic E-state index is 12.5. The first-order valence-corrected chi connectivity index (χ1v) is 7.71. The Hall–Kier alpha value is -2.38. The minimum Gasteiger partial charge on any atom is -0.492 e. The molecule has 0 spiro atoms. The standard InChI is InChI=1S/C16H24N2O6/c1-15(2,3)23-14(22)17-9-16(4,5)8-10(17)13(21)24-18-11(19)6-7-12(18)20/h6-7,10,19-20H,8-9H2,1-5H3. The highest BCUT2D eigenvalue weighted by Gasteiger charge is 2.46. The van der Waals surface area contributed by atoms with E-state index in [1.54, 1.807) is 20.8 Å². The molecule has 134 valence electrons. The van der Waals surface area contributed by atoms with Crippen LogP contribution in [0, 0.1) is 5.41 Å². The number of nitrogens with zero attached hydrogens (tertiary/aromatic N) is 2. The highest BCUT2D eigenvalue weighted by atomic mass is 16.7. The molecule has 0 aliphatic carbocycles. The van der Waals surface area contributed by atoms with E-state index in [4.69, 9.17) is 9.57 Å². The molecule has 0 bridgehead atoms. The molecule has 1 fully saturated rings. The fourth-order valence-corrected chi connectivity index (χ4v) is 2.64. The van der Waals surface area contributed by atoms with E-state index < -0.39 is 35.5 Å². The Labute approximate surface area is 140 Å². The van der Waals surface area contributed by atoms with E-state index in [0.29, 0.717) is 17.7 Å². The van der Waals surface area contributed by atoms with Crippen molar-refractivity contribution in [1.82, 2.24) is 9.63 Å². The number of amides is 1. The third kappa shape index (κ3) is 3.93. The van der Waals surface area contributed by atoms with Crippen molar-refractivity contribution in [2.24, 2.45) is 5.41 Å². The van der Waals surface area contributed by atoms with Crippen molar-refractivity contribution in [2.75, 3.05) is 6.54 Å². The first-order valence-electron chi connectivity index (χ1n) is 7.71. The van der Waals surface area contributed by atoms with Crippen molar-refractivity contribution in [2.45, 2.75) is 52.7 Å². The Morgan fingerprint density at radius 2 is 1.75 bits per heavy atom. The van der Waals surface area contributed by atoms with Crippen LogP contribution in [0.3, 0.4) is 0 Å². The molecule has 1 amide bonds. The van der Waals surface area contributed by atoms with Gasteiger partial charge in [-0.1, -0.05) is 13.8 Å². The predicted molar refractivity (Wildman–Crippen MR) is 84.5 cm³/mol. The van der Waals surface area contributed by atoms with Crippen molar-refractivity contribution >= 4 is 12.1 Å². The summed E-state index contributed by atoms with van der Waals surface area (Å²) in [6, 6.07) is 1.51. The quantitative estimate of drug-likeness (QED) is 0.852. The Balaban J connectivity index is 2.19. The lowest BCUT2D eigenvalue weighted by Crippen LogP contribution is -2.46. The molecule has 1 unspecified atom stereocenters. The third-order valence-corrected chi connectivity index (χ3v) is 3.60. The molecule has 2 N–H and O–H groups in total. The summed E-state index contributed by atoms with van der Waals surface area (Å²) < 4.78 is 5.96. The smallest absolute Gasteiger partial charge is 0.411 e. The van der Waals surface area contributed by atoms with Crippen LogP contribution in [0.25, 0.3) is 0 Å². The molecule has 0 saturated carbocycles. The van der Waals surface area contributed by atoms with Gasteiger partial charge in [-0.25, -0.2) is 9.59 Å². The normalized spacial score (nSPS) is 20.0. The van der Waals surface area contributed by atoms with E-state index in [1.165, 1.54) is 17.0 Å². The minimum atomic E-state index is -0.865. The monoisotopic (exact) mass is 340 g/mol. The third-order valence-electron chi connectivity index (χ3n) is 3.60. The minimum absolute atomic E-state index is 0.290. The van der Waals surface area contributed by atoms with E-state index in [2.05, 4.69) is 0 Å². The summed E-state index contributed by atoms with van der Waals surface area (Å²) in [5.41, 5.74) is -0.976. The molecule has 24 heavy (non-hydrogen) atoms. The number of hydrogen-bond donors (Lipinski definition) is 2. The average molecular weight is 340 g/mol. The summed E-state index contributed by atoms with van der Waals surface area (Å²) in [6.07, 6.45) is -0.218. The van der Waals surface area contributed by atoms with Crippen LogP contribution in [-0.2, 0) is 9.53 Å². The fourth-order valence-electron chi connectivity index (χ4n) is 2.64. The van der Waals surface area contributed by atoms with Gasteiger partial charge in [0.05, 0.1) is 0 Å². The van der Waals surface area contributed by atoms with Gasteiger partial charge in [-0.15, -0.1) is 4.73 Å². The van der Waals surface area contributed by atoms with Crippen LogP contribution in [0.5, 0.6) is 11.8 Å². The van der Waals surface area contributed by atoms with E-state index in [0.717, 1.165) is 0 Å². The van der Waals surface area contributed by atoms with Gasteiger partial charge in [0, 0.05) is 18.7 Å². The molecule has 1 aromatic heterocycles. The summed E-state index contributed by atoms with van der Waals surface area (Å²) in [4.78, 5) is 31.2. The Kier molecular flexibility index (Phi) is 4.43. The van der Waals surface area contributed by atoms with Crippen molar-refractivity contribution < 1.29 is 29.4 Å². The largest absolute Gasteiger partial charge is 0.492 e. The first-order chi connectivity index (χ1) is 10.9. The number of carbonyl (C=O) groups is 2. The van der Waals surface area contributed by atoms with E-state index in [9.17, 15) is 19.8 Å². The molecule has 8 nitrogen and oxygen atoms in total. The molecule has 1 saturated heterocycles. The molecule has 0 radical (unpaired) electrons. The number of hydrogen-bond acceptors (Lipinski definition) is 6. The SMILES string of the molecule is CC1(C)CC(C(=O)On2c(O)ccc2O)N(C(=O)OC(C)(C)C)C1. The maximum Gasteiger partial charge on any atom is 0.411 e. The number of carbonyl (C=O) groups excluding carboxylic acids is 2. The van der Waals surface area contributed by atoms with Gasteiger partial charge in [-0.3, -0.25) is 4.90 Å². The van der Waals surface area contributed by atoms with Gasteiger partial charge < -0.3 is 19.8 Å². The van der Waals surface area contributed by atoms with Crippen LogP contribution >= 0.6 is 0 Å². The van der Waals surface area contributed by atoms with Gasteiger partial charge in [0.25, 0.3) is 0 Å². The van der Waals surface area contributed by atoms with Gasteiger partial charge in [-0.2, -0.15) is 0 Å². The predicted octanol–water partition coefficient (Wildman–Crippen LogP) is 1.89. The Morgan fingerprint density at radius 1 is 1.21 bits per heavy atom. The fraction of sp³-hybridized carbons (Fsp3) is 0.625. The van der Waals surface area contributed by atoms with Gasteiger partial charge in [0.15, 0.2) is 0 Å². The molecule has 8 heteroatoms. The molecule has 1 aliphatic rings. The average Bonchev–Trinajstić information content (AvgIpc) is 2.90. The van der Waals surface area contributed by atoms with Crippen LogP contribution in [0.2, 0.25) is 0 Å². The van der Waals surface area contributed by atoms with Crippen LogP contribution in [0.4, 0.5) is 4.79 Å². The molecule has 1 atom stereocenters. The lowest BCUT2D eigenvalue weighted by atomic mass is 9.91. The van der Waals surface area contributed by atoms with Crippen molar-refractivity contribution in [3.8, 4) is 11.8 Å². The van der Waals surface area contributed by atoms with E-state index in [-0.39, 0.29) is 5.41 Å². The number of aromatic nitrogens is 1. The summed E-state index contributed by atoms with van der Waals surface area (Å²) in [7, 11) is 0. The topological polar surface area (TPSA) is 101 Å². The Morgan fingerprint density at radius 3 is 2.25 bits per heavy atom. The molecular weight excluding hydrogens is 316 g/mol. The van der Waals surface area contributed by atoms with Crippen LogP contribution < -0.4 is 4.84 Å². The molecule has 2 rings (SSSR count). The summed E-state index contributed by atoms with van der Waals surface area (Å²) in [6.45, 7) is 9.44.